The first-order chi connectivity index (χ1) is 10.7. The van der Waals surface area contributed by atoms with Crippen molar-refractivity contribution in [1.29, 1.82) is 0 Å². The Morgan fingerprint density at radius 2 is 2.26 bits per heavy atom. The fourth-order valence-corrected chi connectivity index (χ4v) is 2.54. The monoisotopic (exact) mass is 434 g/mol. The van der Waals surface area contributed by atoms with Crippen molar-refractivity contribution in [3.63, 3.8) is 0 Å². The van der Waals surface area contributed by atoms with Crippen molar-refractivity contribution in [2.45, 2.75) is 39.3 Å². The summed E-state index contributed by atoms with van der Waals surface area (Å²) in [6.07, 6.45) is 5.24. The van der Waals surface area contributed by atoms with E-state index in [1.165, 1.54) is 0 Å². The minimum Gasteiger partial charge on any atom is -0.357 e. The Kier molecular flexibility index (Phi) is 8.97. The van der Waals surface area contributed by atoms with Gasteiger partial charge < -0.3 is 15.5 Å². The number of amides is 1. The van der Waals surface area contributed by atoms with Crippen molar-refractivity contribution in [2.24, 2.45) is 4.99 Å². The van der Waals surface area contributed by atoms with Crippen LogP contribution in [0.5, 0.6) is 0 Å². The SMILES string of the molecule is CCNC(=NCCn1cccn1)NC1CCN(C(=O)CC)C1.I. The Bertz CT molecular complexity index is 490. The molecule has 0 aliphatic carbocycles. The molecule has 1 aromatic heterocycles. The molecule has 1 aliphatic rings. The molecule has 2 N–H and O–H groups in total. The zero-order chi connectivity index (χ0) is 15.8. The van der Waals surface area contributed by atoms with Crippen molar-refractivity contribution in [2.75, 3.05) is 26.2 Å². The number of aliphatic imine (C=N–C) groups is 1. The summed E-state index contributed by atoms with van der Waals surface area (Å²) in [6.45, 7) is 7.79. The van der Waals surface area contributed by atoms with Crippen LogP contribution >= 0.6 is 24.0 Å². The number of carbonyl (C=O) groups excluding carboxylic acids is 1. The van der Waals surface area contributed by atoms with Crippen LogP contribution in [0.1, 0.15) is 26.7 Å². The number of guanidine groups is 1. The molecule has 130 valence electrons. The number of likely N-dealkylation sites (tertiary alicyclic amines) is 1. The first kappa shape index (κ1) is 19.7. The number of rotatable bonds is 6. The molecule has 0 bridgehead atoms. The van der Waals surface area contributed by atoms with Crippen LogP contribution in [0.4, 0.5) is 0 Å². The molecule has 1 amide bonds. The Morgan fingerprint density at radius 1 is 1.43 bits per heavy atom. The third kappa shape index (κ3) is 6.36. The summed E-state index contributed by atoms with van der Waals surface area (Å²) in [7, 11) is 0. The van der Waals surface area contributed by atoms with E-state index in [1.807, 2.05) is 35.7 Å². The smallest absolute Gasteiger partial charge is 0.222 e. The van der Waals surface area contributed by atoms with Gasteiger partial charge in [0.15, 0.2) is 5.96 Å². The number of halogens is 1. The van der Waals surface area contributed by atoms with Crippen LogP contribution in [0.3, 0.4) is 0 Å². The van der Waals surface area contributed by atoms with Crippen LogP contribution in [-0.2, 0) is 11.3 Å². The number of carbonyl (C=O) groups is 1. The standard InChI is InChI=1S/C15H26N6O.HI/c1-3-14(22)20-10-6-13(12-20)19-15(16-4-2)17-8-11-21-9-5-7-18-21;/h5,7,9,13H,3-4,6,8,10-12H2,1-2H3,(H2,16,17,19);1H. The summed E-state index contributed by atoms with van der Waals surface area (Å²) in [5, 5.41) is 10.8. The van der Waals surface area contributed by atoms with E-state index in [0.717, 1.165) is 38.6 Å². The molecule has 1 aromatic rings. The lowest BCUT2D eigenvalue weighted by atomic mass is 10.3. The van der Waals surface area contributed by atoms with Gasteiger partial charge in [0.1, 0.15) is 0 Å². The molecule has 2 rings (SSSR count). The summed E-state index contributed by atoms with van der Waals surface area (Å²) in [5.74, 6) is 1.04. The normalized spacial score (nSPS) is 17.7. The highest BCUT2D eigenvalue weighted by Crippen LogP contribution is 2.10. The van der Waals surface area contributed by atoms with Crippen molar-refractivity contribution >= 4 is 35.8 Å². The maximum absolute atomic E-state index is 11.7. The third-order valence-electron chi connectivity index (χ3n) is 3.69. The van der Waals surface area contributed by atoms with Gasteiger partial charge in [0.05, 0.1) is 13.1 Å². The number of nitrogens with zero attached hydrogens (tertiary/aromatic N) is 4. The minimum atomic E-state index is 0. The molecule has 1 aliphatic heterocycles. The molecular weight excluding hydrogens is 407 g/mol. The highest BCUT2D eigenvalue weighted by atomic mass is 127. The van der Waals surface area contributed by atoms with Crippen molar-refractivity contribution < 1.29 is 4.79 Å². The molecule has 23 heavy (non-hydrogen) atoms. The predicted octanol–water partition coefficient (Wildman–Crippen LogP) is 1.07. The third-order valence-corrected chi connectivity index (χ3v) is 3.69. The summed E-state index contributed by atoms with van der Waals surface area (Å²) in [5.41, 5.74) is 0. The van der Waals surface area contributed by atoms with Crippen LogP contribution in [0, 0.1) is 0 Å². The van der Waals surface area contributed by atoms with E-state index in [0.29, 0.717) is 13.0 Å². The lowest BCUT2D eigenvalue weighted by Crippen LogP contribution is -2.45. The fourth-order valence-electron chi connectivity index (χ4n) is 2.54. The van der Waals surface area contributed by atoms with Gasteiger partial charge in [0.25, 0.3) is 0 Å². The Hall–Kier alpha value is -1.32. The number of nitrogens with one attached hydrogen (secondary N) is 2. The molecule has 1 saturated heterocycles. The topological polar surface area (TPSA) is 74.6 Å². The van der Waals surface area contributed by atoms with Gasteiger partial charge in [-0.3, -0.25) is 14.5 Å². The number of hydrogen-bond acceptors (Lipinski definition) is 3. The molecule has 1 fully saturated rings. The first-order valence-electron chi connectivity index (χ1n) is 8.03. The second kappa shape index (κ2) is 10.5. The van der Waals surface area contributed by atoms with Crippen LogP contribution in [0.2, 0.25) is 0 Å². The highest BCUT2D eigenvalue weighted by Gasteiger charge is 2.25. The molecule has 1 atom stereocenters. The summed E-state index contributed by atoms with van der Waals surface area (Å²) >= 11 is 0. The van der Waals surface area contributed by atoms with Gasteiger partial charge in [-0.15, -0.1) is 24.0 Å². The molecule has 0 saturated carbocycles. The van der Waals surface area contributed by atoms with Gasteiger partial charge in [-0.1, -0.05) is 6.92 Å². The molecule has 2 heterocycles. The van der Waals surface area contributed by atoms with Gasteiger partial charge in [-0.25, -0.2) is 0 Å². The van der Waals surface area contributed by atoms with Crippen molar-refractivity contribution in [3.8, 4) is 0 Å². The highest BCUT2D eigenvalue weighted by molar-refractivity contribution is 14.0. The molecule has 7 nitrogen and oxygen atoms in total. The van der Waals surface area contributed by atoms with E-state index in [-0.39, 0.29) is 35.9 Å². The zero-order valence-corrected chi connectivity index (χ0v) is 16.2. The molecule has 0 radical (unpaired) electrons. The second-order valence-electron chi connectivity index (χ2n) is 5.35. The number of hydrogen-bond donors (Lipinski definition) is 2. The van der Waals surface area contributed by atoms with Crippen molar-refractivity contribution in [3.05, 3.63) is 18.5 Å². The average Bonchev–Trinajstić information content (AvgIpc) is 3.18. The minimum absolute atomic E-state index is 0. The predicted molar refractivity (Wildman–Crippen MR) is 102 cm³/mol. The lowest BCUT2D eigenvalue weighted by molar-refractivity contribution is -0.129. The average molecular weight is 434 g/mol. The molecule has 8 heteroatoms. The van der Waals surface area contributed by atoms with E-state index in [9.17, 15) is 4.79 Å². The summed E-state index contributed by atoms with van der Waals surface area (Å²) in [6, 6.07) is 2.18. The number of aromatic nitrogens is 2. The summed E-state index contributed by atoms with van der Waals surface area (Å²) < 4.78 is 1.87. The molecular formula is C15H27IN6O. The van der Waals surface area contributed by atoms with Gasteiger partial charge in [0, 0.05) is 44.5 Å². The quantitative estimate of drug-likeness (QED) is 0.399. The summed E-state index contributed by atoms with van der Waals surface area (Å²) in [4.78, 5) is 18.2. The molecule has 0 aromatic carbocycles. The zero-order valence-electron chi connectivity index (χ0n) is 13.9. The van der Waals surface area contributed by atoms with Crippen LogP contribution in [0.25, 0.3) is 0 Å². The maximum atomic E-state index is 11.7. The van der Waals surface area contributed by atoms with E-state index < -0.39 is 0 Å². The molecule has 0 spiro atoms. The fraction of sp³-hybridized carbons (Fsp3) is 0.667. The van der Waals surface area contributed by atoms with Gasteiger partial charge >= 0.3 is 0 Å². The Labute approximate surface area is 154 Å². The van der Waals surface area contributed by atoms with Crippen LogP contribution in [0.15, 0.2) is 23.5 Å². The van der Waals surface area contributed by atoms with E-state index in [1.54, 1.807) is 6.20 Å². The lowest BCUT2D eigenvalue weighted by Gasteiger charge is -2.18. The largest absolute Gasteiger partial charge is 0.357 e. The van der Waals surface area contributed by atoms with E-state index in [2.05, 4.69) is 20.7 Å². The van der Waals surface area contributed by atoms with E-state index in [4.69, 9.17) is 0 Å². The first-order valence-corrected chi connectivity index (χ1v) is 8.03. The van der Waals surface area contributed by atoms with E-state index >= 15 is 0 Å². The second-order valence-corrected chi connectivity index (χ2v) is 5.35. The Balaban J connectivity index is 0.00000264. The van der Waals surface area contributed by atoms with Crippen LogP contribution in [-0.4, -0.2) is 58.8 Å². The van der Waals surface area contributed by atoms with Gasteiger partial charge in [-0.2, -0.15) is 5.10 Å². The van der Waals surface area contributed by atoms with Gasteiger partial charge in [-0.05, 0) is 19.4 Å². The maximum Gasteiger partial charge on any atom is 0.222 e. The molecule has 1 unspecified atom stereocenters. The van der Waals surface area contributed by atoms with Crippen LogP contribution < -0.4 is 10.6 Å². The van der Waals surface area contributed by atoms with Crippen molar-refractivity contribution in [1.82, 2.24) is 25.3 Å². The van der Waals surface area contributed by atoms with Gasteiger partial charge in [0.2, 0.25) is 5.91 Å². The Morgan fingerprint density at radius 3 is 2.91 bits per heavy atom.